The standard InChI is InChI=1S/C17H14ClN3O2S2/c18-11-3-5-12(6-4-11)19-15(22)8-13-10-25-17(20-13)21-16(23)9-14-2-1-7-24-14/h1-7,10H,8-9H2,(H,19,22)(H,20,21,23). The Kier molecular flexibility index (Phi) is 5.80. The molecule has 0 fully saturated rings. The number of amides is 2. The van der Waals surface area contributed by atoms with Crippen molar-refractivity contribution in [2.24, 2.45) is 0 Å². The first kappa shape index (κ1) is 17.6. The summed E-state index contributed by atoms with van der Waals surface area (Å²) in [6.45, 7) is 0. The minimum Gasteiger partial charge on any atom is -0.326 e. The molecule has 0 saturated heterocycles. The fourth-order valence-electron chi connectivity index (χ4n) is 2.08. The molecule has 1 aromatic carbocycles. The molecule has 0 bridgehead atoms. The first-order valence-electron chi connectivity index (χ1n) is 7.40. The summed E-state index contributed by atoms with van der Waals surface area (Å²) in [4.78, 5) is 29.3. The highest BCUT2D eigenvalue weighted by Gasteiger charge is 2.11. The molecule has 8 heteroatoms. The second kappa shape index (κ2) is 8.24. The topological polar surface area (TPSA) is 71.1 Å². The second-order valence-corrected chi connectivity index (χ2v) is 7.51. The van der Waals surface area contributed by atoms with Gasteiger partial charge in [-0.2, -0.15) is 0 Å². The number of carbonyl (C=O) groups excluding carboxylic acids is 2. The highest BCUT2D eigenvalue weighted by molar-refractivity contribution is 7.14. The molecule has 25 heavy (non-hydrogen) atoms. The summed E-state index contributed by atoms with van der Waals surface area (Å²) < 4.78 is 0. The summed E-state index contributed by atoms with van der Waals surface area (Å²) >= 11 is 8.65. The predicted molar refractivity (Wildman–Crippen MR) is 103 cm³/mol. The number of thiophene rings is 1. The Hall–Kier alpha value is -2.22. The molecule has 0 aliphatic carbocycles. The molecule has 0 radical (unpaired) electrons. The van der Waals surface area contributed by atoms with E-state index < -0.39 is 0 Å². The molecule has 0 aliphatic rings. The van der Waals surface area contributed by atoms with E-state index in [2.05, 4.69) is 15.6 Å². The van der Waals surface area contributed by atoms with E-state index in [1.165, 1.54) is 22.7 Å². The lowest BCUT2D eigenvalue weighted by Crippen LogP contribution is -2.15. The third-order valence-corrected chi connectivity index (χ3v) is 5.12. The van der Waals surface area contributed by atoms with Crippen molar-refractivity contribution in [3.63, 3.8) is 0 Å². The fourth-order valence-corrected chi connectivity index (χ4v) is 3.64. The van der Waals surface area contributed by atoms with Crippen LogP contribution in [0.1, 0.15) is 10.6 Å². The summed E-state index contributed by atoms with van der Waals surface area (Å²) in [5.74, 6) is -0.293. The minimum absolute atomic E-state index is 0.117. The minimum atomic E-state index is -0.177. The average molecular weight is 392 g/mol. The first-order chi connectivity index (χ1) is 12.1. The molecule has 2 aromatic heterocycles. The summed E-state index contributed by atoms with van der Waals surface area (Å²) in [7, 11) is 0. The van der Waals surface area contributed by atoms with Crippen LogP contribution < -0.4 is 10.6 Å². The number of thiazole rings is 1. The predicted octanol–water partition coefficient (Wildman–Crippen LogP) is 4.22. The van der Waals surface area contributed by atoms with Crippen LogP contribution in [0.3, 0.4) is 0 Å². The van der Waals surface area contributed by atoms with E-state index in [4.69, 9.17) is 11.6 Å². The van der Waals surface area contributed by atoms with Gasteiger partial charge >= 0.3 is 0 Å². The molecule has 2 N–H and O–H groups in total. The molecule has 0 unspecified atom stereocenters. The Labute approximate surface area is 157 Å². The second-order valence-electron chi connectivity index (χ2n) is 5.18. The highest BCUT2D eigenvalue weighted by Crippen LogP contribution is 2.18. The molecular weight excluding hydrogens is 378 g/mol. The third kappa shape index (κ3) is 5.38. The van der Waals surface area contributed by atoms with Gasteiger partial charge in [-0.15, -0.1) is 22.7 Å². The summed E-state index contributed by atoms with van der Waals surface area (Å²) in [5, 5.41) is 10.3. The number of hydrogen-bond donors (Lipinski definition) is 2. The van der Waals surface area contributed by atoms with E-state index in [-0.39, 0.29) is 18.2 Å². The van der Waals surface area contributed by atoms with Crippen molar-refractivity contribution in [3.8, 4) is 0 Å². The van der Waals surface area contributed by atoms with Crippen molar-refractivity contribution in [1.82, 2.24) is 4.98 Å². The molecule has 0 saturated carbocycles. The summed E-state index contributed by atoms with van der Waals surface area (Å²) in [6, 6.07) is 10.7. The smallest absolute Gasteiger partial charge is 0.231 e. The number of nitrogens with one attached hydrogen (secondary N) is 2. The normalized spacial score (nSPS) is 10.4. The Bertz CT molecular complexity index is 860. The van der Waals surface area contributed by atoms with Gasteiger partial charge in [-0.1, -0.05) is 17.7 Å². The van der Waals surface area contributed by atoms with Gasteiger partial charge in [0.05, 0.1) is 18.5 Å². The first-order valence-corrected chi connectivity index (χ1v) is 9.54. The maximum Gasteiger partial charge on any atom is 0.231 e. The average Bonchev–Trinajstić information content (AvgIpc) is 3.22. The van der Waals surface area contributed by atoms with Crippen molar-refractivity contribution in [2.45, 2.75) is 12.8 Å². The number of aromatic nitrogens is 1. The number of benzene rings is 1. The number of carbonyl (C=O) groups is 2. The van der Waals surface area contributed by atoms with E-state index in [1.807, 2.05) is 17.5 Å². The van der Waals surface area contributed by atoms with Crippen LogP contribution in [0.25, 0.3) is 0 Å². The van der Waals surface area contributed by atoms with Crippen LogP contribution in [0, 0.1) is 0 Å². The zero-order valence-corrected chi connectivity index (χ0v) is 15.4. The van der Waals surface area contributed by atoms with Crippen LogP contribution in [0.2, 0.25) is 5.02 Å². The summed E-state index contributed by atoms with van der Waals surface area (Å²) in [5.41, 5.74) is 1.29. The monoisotopic (exact) mass is 391 g/mol. The van der Waals surface area contributed by atoms with E-state index in [0.29, 0.717) is 28.0 Å². The lowest BCUT2D eigenvalue weighted by atomic mass is 10.3. The molecule has 0 atom stereocenters. The molecule has 0 spiro atoms. The van der Waals surface area contributed by atoms with Crippen molar-refractivity contribution in [2.75, 3.05) is 10.6 Å². The van der Waals surface area contributed by atoms with Crippen LogP contribution in [-0.2, 0) is 22.4 Å². The van der Waals surface area contributed by atoms with Gasteiger partial charge < -0.3 is 10.6 Å². The van der Waals surface area contributed by atoms with Gasteiger partial charge in [-0.05, 0) is 35.7 Å². The van der Waals surface area contributed by atoms with Gasteiger partial charge in [-0.3, -0.25) is 9.59 Å². The van der Waals surface area contributed by atoms with Gasteiger partial charge in [0.1, 0.15) is 0 Å². The molecule has 2 amide bonds. The van der Waals surface area contributed by atoms with Crippen molar-refractivity contribution >= 4 is 56.9 Å². The largest absolute Gasteiger partial charge is 0.326 e. The lowest BCUT2D eigenvalue weighted by molar-refractivity contribution is -0.116. The Morgan fingerprint density at radius 2 is 1.76 bits per heavy atom. The van der Waals surface area contributed by atoms with Crippen LogP contribution >= 0.6 is 34.3 Å². The molecule has 3 rings (SSSR count). The van der Waals surface area contributed by atoms with E-state index >= 15 is 0 Å². The van der Waals surface area contributed by atoms with E-state index in [9.17, 15) is 9.59 Å². The number of hydrogen-bond acceptors (Lipinski definition) is 5. The number of nitrogens with zero attached hydrogens (tertiary/aromatic N) is 1. The van der Waals surface area contributed by atoms with Crippen molar-refractivity contribution in [3.05, 3.63) is 62.8 Å². The lowest BCUT2D eigenvalue weighted by Gasteiger charge is -2.03. The molecule has 128 valence electrons. The molecular formula is C17H14ClN3O2S2. The van der Waals surface area contributed by atoms with E-state index in [1.54, 1.807) is 29.6 Å². The van der Waals surface area contributed by atoms with Crippen LogP contribution in [0.4, 0.5) is 10.8 Å². The summed E-state index contributed by atoms with van der Waals surface area (Å²) in [6.07, 6.45) is 0.462. The number of rotatable bonds is 6. The van der Waals surface area contributed by atoms with Gasteiger partial charge in [0, 0.05) is 21.0 Å². The maximum absolute atomic E-state index is 12.0. The molecule has 3 aromatic rings. The van der Waals surface area contributed by atoms with Crippen LogP contribution in [0.15, 0.2) is 47.2 Å². The zero-order chi connectivity index (χ0) is 17.6. The van der Waals surface area contributed by atoms with Gasteiger partial charge in [-0.25, -0.2) is 4.98 Å². The molecule has 2 heterocycles. The third-order valence-electron chi connectivity index (χ3n) is 3.18. The zero-order valence-electron chi connectivity index (χ0n) is 13.0. The highest BCUT2D eigenvalue weighted by atomic mass is 35.5. The van der Waals surface area contributed by atoms with Gasteiger partial charge in [0.2, 0.25) is 11.8 Å². The molecule has 5 nitrogen and oxygen atoms in total. The van der Waals surface area contributed by atoms with Gasteiger partial charge in [0.25, 0.3) is 0 Å². The van der Waals surface area contributed by atoms with Crippen molar-refractivity contribution in [1.29, 1.82) is 0 Å². The number of anilines is 2. The van der Waals surface area contributed by atoms with Crippen molar-refractivity contribution < 1.29 is 9.59 Å². The SMILES string of the molecule is O=C(Cc1csc(NC(=O)Cc2cccs2)n1)Nc1ccc(Cl)cc1. The Morgan fingerprint density at radius 1 is 1.00 bits per heavy atom. The van der Waals surface area contributed by atoms with Crippen LogP contribution in [0.5, 0.6) is 0 Å². The van der Waals surface area contributed by atoms with E-state index in [0.717, 1.165) is 4.88 Å². The Morgan fingerprint density at radius 3 is 2.48 bits per heavy atom. The maximum atomic E-state index is 12.0. The van der Waals surface area contributed by atoms with Gasteiger partial charge in [0.15, 0.2) is 5.13 Å². The fraction of sp³-hybridized carbons (Fsp3) is 0.118. The quantitative estimate of drug-likeness (QED) is 0.660. The number of halogens is 1. The molecule has 0 aliphatic heterocycles. The Balaban J connectivity index is 1.51. The van der Waals surface area contributed by atoms with Crippen LogP contribution in [-0.4, -0.2) is 16.8 Å².